The molecule has 1 saturated heterocycles. The lowest BCUT2D eigenvalue weighted by molar-refractivity contribution is -0.160. The fourth-order valence-electron chi connectivity index (χ4n) is 10.1. The van der Waals surface area contributed by atoms with Gasteiger partial charge in [-0.1, -0.05) is 24.3 Å². The molecule has 15 nitrogen and oxygen atoms in total. The molecule has 7 heterocycles. The van der Waals surface area contributed by atoms with Crippen LogP contribution in [0.25, 0.3) is 10.9 Å². The van der Waals surface area contributed by atoms with Gasteiger partial charge in [0, 0.05) is 58.8 Å². The number of aliphatic hydroxyl groups is 1. The second-order valence-corrected chi connectivity index (χ2v) is 17.4. The summed E-state index contributed by atoms with van der Waals surface area (Å²) in [6.45, 7) is 6.01. The minimum Gasteiger partial charge on any atom is -0.504 e. The van der Waals surface area contributed by atoms with E-state index in [0.29, 0.717) is 58.0 Å². The van der Waals surface area contributed by atoms with Crippen LogP contribution in [-0.2, 0) is 42.2 Å². The van der Waals surface area contributed by atoms with Crippen LogP contribution in [0.5, 0.6) is 28.7 Å². The molecule has 10 rings (SSSR count). The highest BCUT2D eigenvalue weighted by Gasteiger charge is 2.58. The Hall–Kier alpha value is -5.00. The van der Waals surface area contributed by atoms with E-state index in [-0.39, 0.29) is 37.3 Å². The second kappa shape index (κ2) is 14.6. The number of aryl methyl sites for hydroxylation is 1. The van der Waals surface area contributed by atoms with Crippen LogP contribution in [0, 0.1) is 13.8 Å². The SMILES string of the molecule is COc1c(C)cc2c(c1O)[C@@H]1[C@@H]3SC[C@]4(N[C@H](COC(C)=O)Cc5c4[nH]c4ccccc54)C(=O)OC[C@@H](c4c5c(c(C)c(OC(C)=O)c43)OCO5)N1[C@@H](O)[C@@H](N(C)C)C2. The van der Waals surface area contributed by atoms with Crippen molar-refractivity contribution in [2.75, 3.05) is 47.0 Å². The molecular weight excluding hydrogens is 781 g/mol. The first-order valence-electron chi connectivity index (χ1n) is 19.7. The Kier molecular flexibility index (Phi) is 9.78. The fraction of sp³-hybridized carbons (Fsp3) is 0.465. The van der Waals surface area contributed by atoms with Crippen molar-refractivity contribution in [2.45, 2.75) is 81.7 Å². The van der Waals surface area contributed by atoms with Gasteiger partial charge in [-0.15, -0.1) is 11.8 Å². The molecular formula is C43H48N4O11S. The van der Waals surface area contributed by atoms with Gasteiger partial charge in [0.2, 0.25) is 6.79 Å². The Morgan fingerprint density at radius 2 is 1.80 bits per heavy atom. The lowest BCUT2D eigenvalue weighted by Crippen LogP contribution is -2.62. The molecule has 3 aromatic carbocycles. The van der Waals surface area contributed by atoms with Gasteiger partial charge in [-0.05, 0) is 63.5 Å². The van der Waals surface area contributed by atoms with Gasteiger partial charge in [-0.25, -0.2) is 4.79 Å². The van der Waals surface area contributed by atoms with E-state index in [0.717, 1.165) is 27.6 Å². The fourth-order valence-corrected chi connectivity index (χ4v) is 11.7. The normalized spacial score (nSPS) is 27.0. The topological polar surface area (TPSA) is 181 Å². The number of thioether (sulfide) groups is 1. The van der Waals surface area contributed by atoms with Crippen LogP contribution in [0.4, 0.5) is 0 Å². The third-order valence-corrected chi connectivity index (χ3v) is 14.0. The molecule has 0 unspecified atom stereocenters. The predicted molar refractivity (Wildman–Crippen MR) is 216 cm³/mol. The van der Waals surface area contributed by atoms with Crippen molar-refractivity contribution in [3.63, 3.8) is 0 Å². The zero-order valence-corrected chi connectivity index (χ0v) is 34.8. The maximum absolute atomic E-state index is 15.2. The average molecular weight is 829 g/mol. The molecule has 0 amide bonds. The molecule has 6 aliphatic rings. The zero-order chi connectivity index (χ0) is 41.7. The molecule has 1 fully saturated rings. The number of nitrogens with one attached hydrogen (secondary N) is 2. The maximum atomic E-state index is 15.2. The summed E-state index contributed by atoms with van der Waals surface area (Å²) in [5.74, 6) is -0.186. The number of methoxy groups -OCH3 is 1. The highest BCUT2D eigenvalue weighted by atomic mass is 32.2. The van der Waals surface area contributed by atoms with E-state index in [4.69, 9.17) is 28.4 Å². The highest BCUT2D eigenvalue weighted by molar-refractivity contribution is 7.99. The number of H-pyrrole nitrogens is 1. The van der Waals surface area contributed by atoms with Crippen molar-refractivity contribution < 1.29 is 53.0 Å². The molecule has 0 saturated carbocycles. The summed E-state index contributed by atoms with van der Waals surface area (Å²) in [7, 11) is 5.30. The van der Waals surface area contributed by atoms with E-state index in [1.54, 1.807) is 0 Å². The molecule has 4 N–H and O–H groups in total. The molecule has 1 aromatic heterocycles. The van der Waals surface area contributed by atoms with Crippen molar-refractivity contribution in [3.05, 3.63) is 75.0 Å². The van der Waals surface area contributed by atoms with Crippen LogP contribution >= 0.6 is 11.8 Å². The minimum atomic E-state index is -1.50. The number of phenolic OH excluding ortho intramolecular Hbond substituents is 1. The number of para-hydroxylation sites is 1. The summed E-state index contributed by atoms with van der Waals surface area (Å²) < 4.78 is 36.3. The van der Waals surface area contributed by atoms with E-state index in [1.807, 2.05) is 68.1 Å². The Morgan fingerprint density at radius 1 is 1.03 bits per heavy atom. The monoisotopic (exact) mass is 828 g/mol. The number of hydrogen-bond acceptors (Lipinski definition) is 15. The molecule has 59 heavy (non-hydrogen) atoms. The molecule has 4 aromatic rings. The number of esters is 3. The van der Waals surface area contributed by atoms with Crippen LogP contribution in [0.15, 0.2) is 30.3 Å². The third-order valence-electron chi connectivity index (χ3n) is 12.5. The smallest absolute Gasteiger partial charge is 0.333 e. The summed E-state index contributed by atoms with van der Waals surface area (Å²) in [5.41, 5.74) is 4.68. The van der Waals surface area contributed by atoms with Gasteiger partial charge >= 0.3 is 17.9 Å². The van der Waals surface area contributed by atoms with E-state index >= 15 is 4.79 Å². The van der Waals surface area contributed by atoms with Crippen LogP contribution in [0.2, 0.25) is 0 Å². The molecule has 0 radical (unpaired) electrons. The number of rotatable bonds is 5. The number of aromatic nitrogens is 1. The van der Waals surface area contributed by atoms with Gasteiger partial charge in [0.15, 0.2) is 28.5 Å². The molecule has 312 valence electrons. The molecule has 1 spiro atoms. The number of likely N-dealkylation sites (N-methyl/N-ethyl adjacent to an activating group) is 1. The van der Waals surface area contributed by atoms with E-state index in [1.165, 1.54) is 32.7 Å². The highest BCUT2D eigenvalue weighted by Crippen LogP contribution is 2.65. The number of aromatic hydroxyl groups is 1. The zero-order valence-electron chi connectivity index (χ0n) is 34.0. The third kappa shape index (κ3) is 6.05. The van der Waals surface area contributed by atoms with E-state index in [9.17, 15) is 19.8 Å². The number of benzene rings is 3. The Bertz CT molecular complexity index is 2420. The Morgan fingerprint density at radius 3 is 2.53 bits per heavy atom. The molecule has 6 aliphatic heterocycles. The standard InChI is InChI=1S/C43H48N4O11S/c1-19-12-23-13-28(46(5)6)41(51)47-29-16-55-42(52)43(40-26(14-24(45-43)15-54-21(3)48)25-10-8-9-11-27(25)44-40)17-59-39(33(47)30(23)34(50)35(19)53-7)32-31(29)38-37(56-18-57-38)20(2)36(32)58-22(4)49/h8-12,24,28-29,33,39,41,44-45,50-51H,13-18H2,1-7H3/t24-,28-,29-,33+,39+,41-,43+/m0/s1. The van der Waals surface area contributed by atoms with Crippen LogP contribution in [0.3, 0.4) is 0 Å². The average Bonchev–Trinajstić information content (AvgIpc) is 3.81. The second-order valence-electron chi connectivity index (χ2n) is 16.3. The number of phenols is 1. The van der Waals surface area contributed by atoms with Gasteiger partial charge in [0.25, 0.3) is 0 Å². The number of ether oxygens (including phenoxy) is 6. The largest absolute Gasteiger partial charge is 0.504 e. The minimum absolute atomic E-state index is 0.0110. The van der Waals surface area contributed by atoms with E-state index in [2.05, 4.69) is 10.3 Å². The van der Waals surface area contributed by atoms with Crippen molar-refractivity contribution in [2.24, 2.45) is 0 Å². The molecule has 2 bridgehead atoms. The molecule has 0 aliphatic carbocycles. The first-order chi connectivity index (χ1) is 28.2. The summed E-state index contributed by atoms with van der Waals surface area (Å²) >= 11 is 1.40. The van der Waals surface area contributed by atoms with Gasteiger partial charge in [-0.3, -0.25) is 19.8 Å². The van der Waals surface area contributed by atoms with Gasteiger partial charge < -0.3 is 48.5 Å². The van der Waals surface area contributed by atoms with E-state index < -0.39 is 59.1 Å². The first-order valence-corrected chi connectivity index (χ1v) is 20.8. The van der Waals surface area contributed by atoms with Gasteiger partial charge in [-0.2, -0.15) is 0 Å². The van der Waals surface area contributed by atoms with Crippen molar-refractivity contribution in [1.82, 2.24) is 20.1 Å². The van der Waals surface area contributed by atoms with Crippen LogP contribution in [0.1, 0.15) is 75.8 Å². The Labute approximate surface area is 345 Å². The number of aliphatic hydroxyl groups excluding tert-OH is 1. The summed E-state index contributed by atoms with van der Waals surface area (Å²) in [4.78, 5) is 47.7. The van der Waals surface area contributed by atoms with Crippen LogP contribution in [-0.4, -0.2) is 108 Å². The lowest BCUT2D eigenvalue weighted by atomic mass is 9.80. The van der Waals surface area contributed by atoms with Crippen LogP contribution < -0.4 is 24.3 Å². The lowest BCUT2D eigenvalue weighted by Gasteiger charge is -2.52. The summed E-state index contributed by atoms with van der Waals surface area (Å²) in [6, 6.07) is 7.17. The number of hydrogen-bond donors (Lipinski definition) is 4. The number of carbonyl (C=O) groups is 3. The summed E-state index contributed by atoms with van der Waals surface area (Å²) in [5, 5.41) is 29.0. The number of aromatic amines is 1. The van der Waals surface area contributed by atoms with Crippen molar-refractivity contribution >= 4 is 40.6 Å². The number of fused-ring (bicyclic) bond motifs is 8. The quantitative estimate of drug-likeness (QED) is 0.165. The first kappa shape index (κ1) is 39.5. The van der Waals surface area contributed by atoms with Crippen molar-refractivity contribution in [1.29, 1.82) is 0 Å². The predicted octanol–water partition coefficient (Wildman–Crippen LogP) is 4.36. The number of nitrogens with zero attached hydrogens (tertiary/aromatic N) is 2. The molecule has 16 heteroatoms. The van der Waals surface area contributed by atoms with Gasteiger partial charge in [0.1, 0.15) is 25.2 Å². The van der Waals surface area contributed by atoms with Crippen molar-refractivity contribution in [3.8, 4) is 28.7 Å². The number of carbonyl (C=O) groups excluding carboxylic acids is 3. The van der Waals surface area contributed by atoms with Gasteiger partial charge in [0.05, 0.1) is 36.2 Å². The Balaban J connectivity index is 1.33. The maximum Gasteiger partial charge on any atom is 0.333 e. The summed E-state index contributed by atoms with van der Waals surface area (Å²) in [6.07, 6.45) is -0.334. The molecule has 7 atom stereocenters.